The molecule has 8 heteroatoms. The van der Waals surface area contributed by atoms with Crippen molar-refractivity contribution < 1.29 is 14.4 Å². The van der Waals surface area contributed by atoms with Gasteiger partial charge < -0.3 is 15.5 Å². The van der Waals surface area contributed by atoms with Gasteiger partial charge in [0.15, 0.2) is 0 Å². The monoisotopic (exact) mass is 540 g/mol. The van der Waals surface area contributed by atoms with Crippen LogP contribution in [0.4, 0.5) is 4.79 Å². The minimum Gasteiger partial charge on any atom is -0.349 e. The second-order valence-corrected chi connectivity index (χ2v) is 10.7. The molecule has 35 heavy (non-hydrogen) atoms. The second-order valence-electron chi connectivity index (χ2n) is 9.79. The van der Waals surface area contributed by atoms with E-state index in [1.54, 1.807) is 0 Å². The van der Waals surface area contributed by atoms with Gasteiger partial charge in [-0.3, -0.25) is 14.5 Å². The highest BCUT2D eigenvalue weighted by Crippen LogP contribution is 2.31. The van der Waals surface area contributed by atoms with E-state index in [2.05, 4.69) is 31.5 Å². The Morgan fingerprint density at radius 1 is 1.06 bits per heavy atom. The summed E-state index contributed by atoms with van der Waals surface area (Å²) in [5, 5.41) is 6.17. The van der Waals surface area contributed by atoms with E-state index in [9.17, 15) is 14.4 Å². The van der Waals surface area contributed by atoms with Crippen molar-refractivity contribution in [3.63, 3.8) is 0 Å². The molecule has 0 aromatic heterocycles. The zero-order valence-electron chi connectivity index (χ0n) is 20.3. The maximum Gasteiger partial charge on any atom is 0.325 e. The molecular formula is C27H33BrN4O3. The van der Waals surface area contributed by atoms with Crippen LogP contribution in [0.3, 0.4) is 0 Å². The van der Waals surface area contributed by atoms with Crippen molar-refractivity contribution in [2.45, 2.75) is 51.2 Å². The smallest absolute Gasteiger partial charge is 0.325 e. The first-order valence-corrected chi connectivity index (χ1v) is 13.0. The predicted octanol–water partition coefficient (Wildman–Crippen LogP) is 4.24. The summed E-state index contributed by atoms with van der Waals surface area (Å²) in [4.78, 5) is 42.0. The van der Waals surface area contributed by atoms with Gasteiger partial charge in [0.1, 0.15) is 5.54 Å². The average Bonchev–Trinajstić information content (AvgIpc) is 3.08. The van der Waals surface area contributed by atoms with Crippen molar-refractivity contribution in [2.75, 3.05) is 19.6 Å². The number of rotatable bonds is 8. The van der Waals surface area contributed by atoms with Crippen LogP contribution in [-0.4, -0.2) is 52.8 Å². The van der Waals surface area contributed by atoms with Gasteiger partial charge in [0.25, 0.3) is 5.91 Å². The van der Waals surface area contributed by atoms with Crippen LogP contribution in [0.15, 0.2) is 59.1 Å². The van der Waals surface area contributed by atoms with Gasteiger partial charge in [-0.05, 0) is 42.5 Å². The van der Waals surface area contributed by atoms with Crippen molar-refractivity contribution in [1.82, 2.24) is 20.4 Å². The summed E-state index contributed by atoms with van der Waals surface area (Å²) < 4.78 is 0.959. The molecule has 7 nitrogen and oxygen atoms in total. The quantitative estimate of drug-likeness (QED) is 0.490. The number of halogens is 1. The van der Waals surface area contributed by atoms with Crippen LogP contribution in [-0.2, 0) is 16.1 Å². The summed E-state index contributed by atoms with van der Waals surface area (Å²) in [6.07, 6.45) is 1.96. The lowest BCUT2D eigenvalue weighted by Crippen LogP contribution is -2.55. The summed E-state index contributed by atoms with van der Waals surface area (Å²) in [6.45, 7) is 6.31. The van der Waals surface area contributed by atoms with E-state index in [1.807, 2.05) is 68.4 Å². The Morgan fingerprint density at radius 2 is 1.71 bits per heavy atom. The Labute approximate surface area is 215 Å². The molecular weight excluding hydrogens is 508 g/mol. The van der Waals surface area contributed by atoms with E-state index >= 15 is 0 Å². The number of hydrogen-bond acceptors (Lipinski definition) is 4. The molecule has 2 fully saturated rings. The summed E-state index contributed by atoms with van der Waals surface area (Å²) in [7, 11) is 0. The molecule has 0 aliphatic carbocycles. The van der Waals surface area contributed by atoms with Crippen molar-refractivity contribution in [1.29, 1.82) is 0 Å². The van der Waals surface area contributed by atoms with Crippen LogP contribution in [0.25, 0.3) is 0 Å². The molecule has 0 saturated carbocycles. The second kappa shape index (κ2) is 10.9. The van der Waals surface area contributed by atoms with Crippen LogP contribution < -0.4 is 10.6 Å². The minimum absolute atomic E-state index is 0.0431. The molecule has 2 aliphatic heterocycles. The van der Waals surface area contributed by atoms with Gasteiger partial charge in [-0.2, -0.15) is 0 Å². The molecule has 0 bridgehead atoms. The van der Waals surface area contributed by atoms with Crippen LogP contribution >= 0.6 is 15.9 Å². The fourth-order valence-electron chi connectivity index (χ4n) is 4.75. The van der Waals surface area contributed by atoms with Gasteiger partial charge in [-0.1, -0.05) is 72.2 Å². The highest BCUT2D eigenvalue weighted by molar-refractivity contribution is 9.10. The van der Waals surface area contributed by atoms with Crippen molar-refractivity contribution in [2.24, 2.45) is 5.92 Å². The number of hydrogen-bond donors (Lipinski definition) is 2. The third-order valence-electron chi connectivity index (χ3n) is 6.99. The standard InChI is InChI=1S/C27H33BrN4O3/c1-19(2)24(33)29-23(21-6-4-3-5-7-21)12-15-31-16-13-27(14-17-31)25(34)32(26(35)30-27)18-20-8-10-22(28)11-9-20/h3-11,19,23H,12-18H2,1-2H3,(H,29,33)(H,30,35). The molecule has 2 aliphatic rings. The normalized spacial score (nSPS) is 18.7. The van der Waals surface area contributed by atoms with Gasteiger partial charge >= 0.3 is 6.03 Å². The van der Waals surface area contributed by atoms with E-state index in [0.29, 0.717) is 12.8 Å². The van der Waals surface area contributed by atoms with Crippen LogP contribution in [0, 0.1) is 5.92 Å². The first-order chi connectivity index (χ1) is 16.8. The van der Waals surface area contributed by atoms with Crippen molar-refractivity contribution >= 4 is 33.8 Å². The van der Waals surface area contributed by atoms with Gasteiger partial charge in [0, 0.05) is 30.0 Å². The van der Waals surface area contributed by atoms with Gasteiger partial charge in [0.2, 0.25) is 5.91 Å². The molecule has 2 aromatic rings. The van der Waals surface area contributed by atoms with Gasteiger partial charge in [-0.15, -0.1) is 0 Å². The van der Waals surface area contributed by atoms with E-state index in [4.69, 9.17) is 0 Å². The number of piperidine rings is 1. The lowest BCUT2D eigenvalue weighted by molar-refractivity contribution is -0.133. The van der Waals surface area contributed by atoms with Crippen molar-refractivity contribution in [3.8, 4) is 0 Å². The lowest BCUT2D eigenvalue weighted by Gasteiger charge is -2.37. The highest BCUT2D eigenvalue weighted by atomic mass is 79.9. The Bertz CT molecular complexity index is 1050. The molecule has 2 heterocycles. The predicted molar refractivity (Wildman–Crippen MR) is 138 cm³/mol. The largest absolute Gasteiger partial charge is 0.349 e. The fraction of sp³-hybridized carbons (Fsp3) is 0.444. The molecule has 0 radical (unpaired) electrons. The Hall–Kier alpha value is -2.71. The first-order valence-electron chi connectivity index (χ1n) is 12.2. The van der Waals surface area contributed by atoms with Crippen LogP contribution in [0.2, 0.25) is 0 Å². The number of urea groups is 1. The Morgan fingerprint density at radius 3 is 2.34 bits per heavy atom. The zero-order valence-corrected chi connectivity index (χ0v) is 21.9. The number of benzene rings is 2. The summed E-state index contributed by atoms with van der Waals surface area (Å²) >= 11 is 3.41. The molecule has 4 rings (SSSR count). The summed E-state index contributed by atoms with van der Waals surface area (Å²) in [5.74, 6) is -0.161. The molecule has 2 aromatic carbocycles. The number of nitrogens with zero attached hydrogens (tertiary/aromatic N) is 2. The topological polar surface area (TPSA) is 81.8 Å². The number of carbonyl (C=O) groups is 3. The number of nitrogens with one attached hydrogen (secondary N) is 2. The fourth-order valence-corrected chi connectivity index (χ4v) is 5.01. The molecule has 1 unspecified atom stereocenters. The van der Waals surface area contributed by atoms with E-state index in [-0.39, 0.29) is 36.3 Å². The summed E-state index contributed by atoms with van der Waals surface area (Å²) in [6, 6.07) is 17.3. The van der Waals surface area contributed by atoms with Crippen LogP contribution in [0.1, 0.15) is 50.3 Å². The van der Waals surface area contributed by atoms with E-state index in [0.717, 1.165) is 41.7 Å². The highest BCUT2D eigenvalue weighted by Gasteiger charge is 2.52. The molecule has 4 amide bonds. The molecule has 186 valence electrons. The van der Waals surface area contributed by atoms with E-state index < -0.39 is 5.54 Å². The maximum absolute atomic E-state index is 13.3. The van der Waals surface area contributed by atoms with Crippen LogP contribution in [0.5, 0.6) is 0 Å². The van der Waals surface area contributed by atoms with E-state index in [1.165, 1.54) is 4.90 Å². The average molecular weight is 541 g/mol. The maximum atomic E-state index is 13.3. The molecule has 2 N–H and O–H groups in total. The third kappa shape index (κ3) is 5.93. The third-order valence-corrected chi connectivity index (χ3v) is 7.51. The first kappa shape index (κ1) is 25.4. The Kier molecular flexibility index (Phi) is 7.91. The number of likely N-dealkylation sites (tertiary alicyclic amines) is 1. The number of carbonyl (C=O) groups excluding carboxylic acids is 3. The molecule has 1 atom stereocenters. The Balaban J connectivity index is 1.34. The van der Waals surface area contributed by atoms with Gasteiger partial charge in [0.05, 0.1) is 12.6 Å². The molecule has 1 spiro atoms. The zero-order chi connectivity index (χ0) is 25.0. The number of imide groups is 1. The lowest BCUT2D eigenvalue weighted by atomic mass is 9.87. The minimum atomic E-state index is -0.812. The van der Waals surface area contributed by atoms with Gasteiger partial charge in [-0.25, -0.2) is 4.79 Å². The summed E-state index contributed by atoms with van der Waals surface area (Å²) in [5.41, 5.74) is 1.20. The van der Waals surface area contributed by atoms with Crippen molar-refractivity contribution in [3.05, 3.63) is 70.2 Å². The number of amides is 4. The molecule has 2 saturated heterocycles. The SMILES string of the molecule is CC(C)C(=O)NC(CCN1CCC2(CC1)NC(=O)N(Cc1ccc(Br)cc1)C2=O)c1ccccc1.